The van der Waals surface area contributed by atoms with Gasteiger partial charge in [-0.3, -0.25) is 0 Å². The van der Waals surface area contributed by atoms with Crippen molar-refractivity contribution < 1.29 is 13.2 Å². The number of anilines is 1. The van der Waals surface area contributed by atoms with Crippen molar-refractivity contribution in [3.05, 3.63) is 28.2 Å². The monoisotopic (exact) mass is 349 g/mol. The Morgan fingerprint density at radius 1 is 1.10 bits per heavy atom. The normalized spacial score (nSPS) is 17.8. The number of halogens is 4. The Labute approximate surface area is 126 Å². The molecule has 112 valence electrons. The summed E-state index contributed by atoms with van der Waals surface area (Å²) in [5, 5.41) is 3.00. The minimum atomic E-state index is -4.32. The van der Waals surface area contributed by atoms with Crippen LogP contribution in [-0.2, 0) is 6.18 Å². The summed E-state index contributed by atoms with van der Waals surface area (Å²) in [6.45, 7) is 0.630. The lowest BCUT2D eigenvalue weighted by Crippen LogP contribution is -2.17. The van der Waals surface area contributed by atoms with Gasteiger partial charge < -0.3 is 5.32 Å². The van der Waals surface area contributed by atoms with Crippen LogP contribution in [0, 0.1) is 5.92 Å². The van der Waals surface area contributed by atoms with E-state index in [4.69, 9.17) is 0 Å². The number of rotatable bonds is 3. The summed E-state index contributed by atoms with van der Waals surface area (Å²) in [4.78, 5) is 0. The molecule has 0 bridgehead atoms. The SMILES string of the molecule is FC(F)(F)c1cc(Br)ccc1NCC1CCCCCC1. The lowest BCUT2D eigenvalue weighted by atomic mass is 10.00. The van der Waals surface area contributed by atoms with Crippen molar-refractivity contribution in [2.45, 2.75) is 44.7 Å². The first-order chi connectivity index (χ1) is 9.47. The third-order valence-electron chi connectivity index (χ3n) is 3.84. The molecule has 0 saturated heterocycles. The number of hydrogen-bond donors (Lipinski definition) is 1. The van der Waals surface area contributed by atoms with Crippen LogP contribution in [0.5, 0.6) is 0 Å². The van der Waals surface area contributed by atoms with Gasteiger partial charge in [0.2, 0.25) is 0 Å². The predicted octanol–water partition coefficient (Wildman–Crippen LogP) is 5.85. The lowest BCUT2D eigenvalue weighted by molar-refractivity contribution is -0.137. The van der Waals surface area contributed by atoms with Gasteiger partial charge in [0.05, 0.1) is 5.56 Å². The standard InChI is InChI=1S/C15H19BrF3N/c16-12-7-8-14(13(9-12)15(17,18)19)20-10-11-5-3-1-2-4-6-11/h7-9,11,20H,1-6,10H2. The molecule has 5 heteroatoms. The van der Waals surface area contributed by atoms with E-state index >= 15 is 0 Å². The van der Waals surface area contributed by atoms with Gasteiger partial charge in [0, 0.05) is 16.7 Å². The average Bonchev–Trinajstić information content (AvgIpc) is 2.64. The van der Waals surface area contributed by atoms with Crippen LogP contribution >= 0.6 is 15.9 Å². The van der Waals surface area contributed by atoms with Crippen LogP contribution in [0.1, 0.15) is 44.1 Å². The molecule has 0 amide bonds. The van der Waals surface area contributed by atoms with Crippen molar-refractivity contribution in [1.29, 1.82) is 0 Å². The van der Waals surface area contributed by atoms with Crippen LogP contribution in [0.4, 0.5) is 18.9 Å². The zero-order valence-electron chi connectivity index (χ0n) is 11.3. The Hall–Kier alpha value is -0.710. The van der Waals surface area contributed by atoms with Crippen molar-refractivity contribution in [3.63, 3.8) is 0 Å². The lowest BCUT2D eigenvalue weighted by Gasteiger charge is -2.19. The second kappa shape index (κ2) is 6.83. The predicted molar refractivity (Wildman–Crippen MR) is 78.8 cm³/mol. The van der Waals surface area contributed by atoms with Gasteiger partial charge in [-0.15, -0.1) is 0 Å². The van der Waals surface area contributed by atoms with Crippen LogP contribution in [0.25, 0.3) is 0 Å². The smallest absolute Gasteiger partial charge is 0.384 e. The van der Waals surface area contributed by atoms with E-state index in [0.717, 1.165) is 18.9 Å². The molecular weight excluding hydrogens is 331 g/mol. The number of hydrogen-bond acceptors (Lipinski definition) is 1. The van der Waals surface area contributed by atoms with E-state index in [-0.39, 0.29) is 5.69 Å². The minimum absolute atomic E-state index is 0.185. The van der Waals surface area contributed by atoms with Crippen LogP contribution in [0.3, 0.4) is 0 Å². The van der Waals surface area contributed by atoms with Crippen LogP contribution in [0.2, 0.25) is 0 Å². The Morgan fingerprint density at radius 3 is 2.35 bits per heavy atom. The molecule has 1 nitrogen and oxygen atoms in total. The van der Waals surface area contributed by atoms with Gasteiger partial charge in [-0.1, -0.05) is 41.6 Å². The maximum absolute atomic E-state index is 13.0. The zero-order chi connectivity index (χ0) is 14.6. The van der Waals surface area contributed by atoms with Crippen molar-refractivity contribution >= 4 is 21.6 Å². The van der Waals surface area contributed by atoms with Gasteiger partial charge >= 0.3 is 6.18 Å². The van der Waals surface area contributed by atoms with Crippen molar-refractivity contribution in [2.24, 2.45) is 5.92 Å². The van der Waals surface area contributed by atoms with Gasteiger partial charge in [0.15, 0.2) is 0 Å². The molecule has 1 fully saturated rings. The fourth-order valence-corrected chi connectivity index (χ4v) is 3.09. The zero-order valence-corrected chi connectivity index (χ0v) is 12.9. The largest absolute Gasteiger partial charge is 0.418 e. The second-order valence-electron chi connectivity index (χ2n) is 5.43. The molecule has 1 aliphatic rings. The Morgan fingerprint density at radius 2 is 1.75 bits per heavy atom. The van der Waals surface area contributed by atoms with Gasteiger partial charge in [-0.2, -0.15) is 13.2 Å². The second-order valence-corrected chi connectivity index (χ2v) is 6.34. The third kappa shape index (κ3) is 4.40. The number of nitrogens with one attached hydrogen (secondary N) is 1. The third-order valence-corrected chi connectivity index (χ3v) is 4.34. The average molecular weight is 350 g/mol. The molecule has 0 heterocycles. The van der Waals surface area contributed by atoms with Crippen LogP contribution in [-0.4, -0.2) is 6.54 Å². The van der Waals surface area contributed by atoms with E-state index in [1.165, 1.54) is 31.7 Å². The molecule has 20 heavy (non-hydrogen) atoms. The number of alkyl halides is 3. The summed E-state index contributed by atoms with van der Waals surface area (Å²) in [5.74, 6) is 0.488. The highest BCUT2D eigenvalue weighted by molar-refractivity contribution is 9.10. The van der Waals surface area contributed by atoms with Crippen molar-refractivity contribution in [1.82, 2.24) is 0 Å². The number of benzene rings is 1. The summed E-state index contributed by atoms with van der Waals surface area (Å²) in [6, 6.07) is 4.28. The molecule has 1 aromatic carbocycles. The first-order valence-electron chi connectivity index (χ1n) is 7.07. The van der Waals surface area contributed by atoms with E-state index in [1.807, 2.05) is 0 Å². The molecule has 0 atom stereocenters. The maximum atomic E-state index is 13.0. The molecule has 1 saturated carbocycles. The Balaban J connectivity index is 2.05. The molecule has 2 rings (SSSR count). The molecule has 0 radical (unpaired) electrons. The first kappa shape index (κ1) is 15.7. The maximum Gasteiger partial charge on any atom is 0.418 e. The van der Waals surface area contributed by atoms with E-state index in [1.54, 1.807) is 6.07 Å². The highest BCUT2D eigenvalue weighted by atomic mass is 79.9. The Kier molecular flexibility index (Phi) is 5.35. The van der Waals surface area contributed by atoms with Gasteiger partial charge in [-0.05, 0) is 37.0 Å². The molecule has 0 aromatic heterocycles. The highest BCUT2D eigenvalue weighted by Gasteiger charge is 2.33. The van der Waals surface area contributed by atoms with E-state index in [2.05, 4.69) is 21.2 Å². The Bertz CT molecular complexity index is 437. The van der Waals surface area contributed by atoms with Crippen molar-refractivity contribution in [3.8, 4) is 0 Å². The van der Waals surface area contributed by atoms with Gasteiger partial charge in [0.25, 0.3) is 0 Å². The van der Waals surface area contributed by atoms with Gasteiger partial charge in [0.1, 0.15) is 0 Å². The van der Waals surface area contributed by atoms with E-state index < -0.39 is 11.7 Å². The van der Waals surface area contributed by atoms with E-state index in [0.29, 0.717) is 16.9 Å². The molecular formula is C15H19BrF3N. The summed E-state index contributed by atoms with van der Waals surface area (Å²) >= 11 is 3.10. The van der Waals surface area contributed by atoms with E-state index in [9.17, 15) is 13.2 Å². The molecule has 0 spiro atoms. The highest BCUT2D eigenvalue weighted by Crippen LogP contribution is 2.37. The van der Waals surface area contributed by atoms with Crippen LogP contribution < -0.4 is 5.32 Å². The fraction of sp³-hybridized carbons (Fsp3) is 0.600. The summed E-state index contributed by atoms with van der Waals surface area (Å²) in [7, 11) is 0. The molecule has 1 N–H and O–H groups in total. The summed E-state index contributed by atoms with van der Waals surface area (Å²) in [5.41, 5.74) is -0.412. The molecule has 1 aliphatic carbocycles. The first-order valence-corrected chi connectivity index (χ1v) is 7.87. The topological polar surface area (TPSA) is 12.0 Å². The quantitative estimate of drug-likeness (QED) is 0.674. The fourth-order valence-electron chi connectivity index (χ4n) is 2.73. The molecule has 1 aromatic rings. The summed E-state index contributed by atoms with van der Waals surface area (Å²) < 4.78 is 39.4. The van der Waals surface area contributed by atoms with Crippen LogP contribution in [0.15, 0.2) is 22.7 Å². The summed E-state index contributed by atoms with van der Waals surface area (Å²) in [6.07, 6.45) is 2.80. The molecule has 0 aliphatic heterocycles. The minimum Gasteiger partial charge on any atom is -0.384 e. The van der Waals surface area contributed by atoms with Crippen molar-refractivity contribution in [2.75, 3.05) is 11.9 Å². The van der Waals surface area contributed by atoms with Gasteiger partial charge in [-0.25, -0.2) is 0 Å². The molecule has 0 unspecified atom stereocenters.